The van der Waals surface area contributed by atoms with Crippen molar-refractivity contribution in [2.45, 2.75) is 0 Å². The highest BCUT2D eigenvalue weighted by Gasteiger charge is 2.28. The van der Waals surface area contributed by atoms with E-state index in [0.29, 0.717) is 0 Å². The van der Waals surface area contributed by atoms with Gasteiger partial charge in [-0.2, -0.15) is 0 Å². The third-order valence-corrected chi connectivity index (χ3v) is 5.01. The molecule has 0 saturated carbocycles. The monoisotopic (exact) mass is 348 g/mol. The molecule has 0 heterocycles. The molecule has 0 saturated heterocycles. The predicted octanol–water partition coefficient (Wildman–Crippen LogP) is 6.91. The molecule has 1 aliphatic carbocycles. The molecule has 0 aliphatic heterocycles. The molecule has 0 fully saturated rings. The standard InChI is InChI=1S/C22H14Cl2/c23-21(16-11-5-2-6-12-16)20-17-13-7-8-14-18(17)22(24)19(20)15-9-3-1-4-10-15/h1-14H/b21-20+. The summed E-state index contributed by atoms with van der Waals surface area (Å²) < 4.78 is 0. The van der Waals surface area contributed by atoms with Gasteiger partial charge in [0, 0.05) is 16.7 Å². The van der Waals surface area contributed by atoms with Gasteiger partial charge in [0.1, 0.15) is 0 Å². The molecule has 4 rings (SSSR count). The summed E-state index contributed by atoms with van der Waals surface area (Å²) in [6.45, 7) is 0. The van der Waals surface area contributed by atoms with Crippen LogP contribution >= 0.6 is 23.2 Å². The van der Waals surface area contributed by atoms with Crippen LogP contribution in [0, 0.1) is 0 Å². The van der Waals surface area contributed by atoms with Gasteiger partial charge in [-0.1, -0.05) is 108 Å². The van der Waals surface area contributed by atoms with E-state index in [1.54, 1.807) is 0 Å². The lowest BCUT2D eigenvalue weighted by Gasteiger charge is -2.11. The van der Waals surface area contributed by atoms with Crippen LogP contribution in [0.25, 0.3) is 21.2 Å². The van der Waals surface area contributed by atoms with E-state index in [2.05, 4.69) is 18.2 Å². The first-order valence-electron chi connectivity index (χ1n) is 7.78. The second-order valence-corrected chi connectivity index (χ2v) is 6.41. The van der Waals surface area contributed by atoms with Crippen molar-refractivity contribution in [2.75, 3.05) is 0 Å². The Hall–Kier alpha value is -2.28. The topological polar surface area (TPSA) is 0 Å². The molecular formula is C22H14Cl2. The Morgan fingerprint density at radius 3 is 1.83 bits per heavy atom. The van der Waals surface area contributed by atoms with Crippen LogP contribution in [0.1, 0.15) is 22.3 Å². The van der Waals surface area contributed by atoms with Crippen molar-refractivity contribution in [3.05, 3.63) is 107 Å². The van der Waals surface area contributed by atoms with Crippen molar-refractivity contribution >= 4 is 44.4 Å². The van der Waals surface area contributed by atoms with Crippen LogP contribution in [0.15, 0.2) is 84.9 Å². The van der Waals surface area contributed by atoms with Gasteiger partial charge in [-0.3, -0.25) is 0 Å². The number of benzene rings is 3. The number of rotatable bonds is 2. The van der Waals surface area contributed by atoms with Gasteiger partial charge in [-0.15, -0.1) is 0 Å². The van der Waals surface area contributed by atoms with Crippen molar-refractivity contribution in [2.24, 2.45) is 0 Å². The highest BCUT2D eigenvalue weighted by Crippen LogP contribution is 2.51. The molecule has 0 aromatic heterocycles. The van der Waals surface area contributed by atoms with Crippen LogP contribution in [0.2, 0.25) is 0 Å². The van der Waals surface area contributed by atoms with Gasteiger partial charge in [0.15, 0.2) is 0 Å². The quantitative estimate of drug-likeness (QED) is 0.471. The zero-order valence-corrected chi connectivity index (χ0v) is 14.4. The van der Waals surface area contributed by atoms with Crippen molar-refractivity contribution in [3.63, 3.8) is 0 Å². The van der Waals surface area contributed by atoms with Gasteiger partial charge in [-0.25, -0.2) is 0 Å². The van der Waals surface area contributed by atoms with Gasteiger partial charge < -0.3 is 0 Å². The van der Waals surface area contributed by atoms with E-state index >= 15 is 0 Å². The van der Waals surface area contributed by atoms with Crippen LogP contribution < -0.4 is 0 Å². The number of halogens is 2. The lowest BCUT2D eigenvalue weighted by atomic mass is 9.95. The van der Waals surface area contributed by atoms with Crippen LogP contribution in [0.5, 0.6) is 0 Å². The first-order valence-corrected chi connectivity index (χ1v) is 8.53. The van der Waals surface area contributed by atoms with E-state index in [0.717, 1.165) is 43.5 Å². The molecule has 0 unspecified atom stereocenters. The van der Waals surface area contributed by atoms with Gasteiger partial charge in [-0.05, 0) is 16.7 Å². The van der Waals surface area contributed by atoms with Crippen molar-refractivity contribution in [1.29, 1.82) is 0 Å². The average molecular weight is 349 g/mol. The van der Waals surface area contributed by atoms with Crippen molar-refractivity contribution < 1.29 is 0 Å². The van der Waals surface area contributed by atoms with Crippen LogP contribution in [0.4, 0.5) is 0 Å². The molecule has 24 heavy (non-hydrogen) atoms. The third-order valence-electron chi connectivity index (χ3n) is 4.21. The second kappa shape index (κ2) is 6.32. The van der Waals surface area contributed by atoms with Crippen molar-refractivity contribution in [1.82, 2.24) is 0 Å². The molecule has 0 nitrogen and oxygen atoms in total. The summed E-state index contributed by atoms with van der Waals surface area (Å²) in [6.07, 6.45) is 0. The minimum absolute atomic E-state index is 0.720. The Morgan fingerprint density at radius 2 is 1.17 bits per heavy atom. The molecule has 3 aromatic carbocycles. The third kappa shape index (κ3) is 2.49. The Balaban J connectivity index is 2.03. The van der Waals surface area contributed by atoms with E-state index in [1.165, 1.54) is 0 Å². The largest absolute Gasteiger partial charge is 0.0830 e. The zero-order valence-electron chi connectivity index (χ0n) is 12.8. The summed E-state index contributed by atoms with van der Waals surface area (Å²) in [5, 5.41) is 1.47. The summed E-state index contributed by atoms with van der Waals surface area (Å²) in [7, 11) is 0. The molecule has 0 amide bonds. The second-order valence-electron chi connectivity index (χ2n) is 5.66. The van der Waals surface area contributed by atoms with E-state index in [4.69, 9.17) is 23.2 Å². The molecule has 116 valence electrons. The average Bonchev–Trinajstić information content (AvgIpc) is 2.95. The van der Waals surface area contributed by atoms with Gasteiger partial charge >= 0.3 is 0 Å². The van der Waals surface area contributed by atoms with E-state index < -0.39 is 0 Å². The van der Waals surface area contributed by atoms with Gasteiger partial charge in [0.2, 0.25) is 0 Å². The molecule has 0 N–H and O–H groups in total. The first-order chi connectivity index (χ1) is 11.8. The zero-order chi connectivity index (χ0) is 16.5. The molecule has 1 aliphatic rings. The Kier molecular flexibility index (Phi) is 4.02. The van der Waals surface area contributed by atoms with Crippen LogP contribution in [0.3, 0.4) is 0 Å². The highest BCUT2D eigenvalue weighted by molar-refractivity contribution is 6.62. The highest BCUT2D eigenvalue weighted by atomic mass is 35.5. The van der Waals surface area contributed by atoms with Crippen LogP contribution in [-0.4, -0.2) is 0 Å². The minimum Gasteiger partial charge on any atom is -0.0830 e. The summed E-state index contributed by atoms with van der Waals surface area (Å²) >= 11 is 13.6. The van der Waals surface area contributed by atoms with E-state index in [1.807, 2.05) is 66.7 Å². The molecule has 0 bridgehead atoms. The van der Waals surface area contributed by atoms with Gasteiger partial charge in [0.05, 0.1) is 10.1 Å². The first kappa shape index (κ1) is 15.3. The summed E-state index contributed by atoms with van der Waals surface area (Å²) in [5.74, 6) is 0. The summed E-state index contributed by atoms with van der Waals surface area (Å²) in [4.78, 5) is 0. The number of fused-ring (bicyclic) bond motifs is 1. The lowest BCUT2D eigenvalue weighted by molar-refractivity contribution is 1.60. The fraction of sp³-hybridized carbons (Fsp3) is 0. The molecule has 2 heteroatoms. The molecule has 0 atom stereocenters. The molecule has 0 spiro atoms. The Morgan fingerprint density at radius 1 is 0.625 bits per heavy atom. The Bertz CT molecular complexity index is 952. The maximum atomic E-state index is 6.84. The SMILES string of the molecule is ClC1=C(c2ccccc2)/C(=C(/Cl)c2ccccc2)c2ccccc21. The fourth-order valence-corrected chi connectivity index (χ4v) is 3.79. The lowest BCUT2D eigenvalue weighted by Crippen LogP contribution is -1.89. The maximum Gasteiger partial charge on any atom is 0.0569 e. The van der Waals surface area contributed by atoms with Crippen molar-refractivity contribution in [3.8, 4) is 0 Å². The van der Waals surface area contributed by atoms with E-state index in [9.17, 15) is 0 Å². The normalized spacial score (nSPS) is 15.4. The van der Waals surface area contributed by atoms with Crippen LogP contribution in [-0.2, 0) is 0 Å². The summed E-state index contributed by atoms with van der Waals surface area (Å²) in [6, 6.07) is 28.3. The predicted molar refractivity (Wildman–Crippen MR) is 105 cm³/mol. The number of allylic oxidation sites excluding steroid dienone is 2. The number of hydrogen-bond donors (Lipinski definition) is 0. The molecule has 0 radical (unpaired) electrons. The van der Waals surface area contributed by atoms with E-state index in [-0.39, 0.29) is 0 Å². The van der Waals surface area contributed by atoms with Gasteiger partial charge in [0.25, 0.3) is 0 Å². The molecular weight excluding hydrogens is 335 g/mol. The fourth-order valence-electron chi connectivity index (χ4n) is 3.10. The minimum atomic E-state index is 0.720. The summed E-state index contributed by atoms with van der Waals surface area (Å²) in [5.41, 5.74) is 6.16. The Labute approximate surface area is 151 Å². The molecule has 3 aromatic rings. The smallest absolute Gasteiger partial charge is 0.0569 e. The number of hydrogen-bond acceptors (Lipinski definition) is 0. The maximum absolute atomic E-state index is 6.84.